The third-order valence-corrected chi connectivity index (χ3v) is 3.33. The highest BCUT2D eigenvalue weighted by Crippen LogP contribution is 2.30. The Balaban J connectivity index is 2.06. The van der Waals surface area contributed by atoms with Crippen molar-refractivity contribution < 1.29 is 8.81 Å². The van der Waals surface area contributed by atoms with Gasteiger partial charge in [-0.2, -0.15) is 0 Å². The van der Waals surface area contributed by atoms with Crippen molar-refractivity contribution in [2.45, 2.75) is 6.04 Å². The molecule has 2 nitrogen and oxygen atoms in total. The minimum atomic E-state index is -0.515. The van der Waals surface area contributed by atoms with Crippen molar-refractivity contribution in [1.29, 1.82) is 0 Å². The van der Waals surface area contributed by atoms with Crippen molar-refractivity contribution in [3.05, 3.63) is 70.7 Å². The second-order valence-corrected chi connectivity index (χ2v) is 4.75. The monoisotopic (exact) mass is 275 g/mol. The molecule has 0 fully saturated rings. The lowest BCUT2D eigenvalue weighted by Gasteiger charge is -2.08. The Morgan fingerprint density at radius 3 is 2.63 bits per heavy atom. The molecule has 4 heteroatoms. The Kier molecular flexibility index (Phi) is 3.01. The van der Waals surface area contributed by atoms with Crippen LogP contribution in [0.15, 0.2) is 52.9 Å². The summed E-state index contributed by atoms with van der Waals surface area (Å²) >= 11 is 6.05. The molecule has 0 aliphatic heterocycles. The van der Waals surface area contributed by atoms with Crippen LogP contribution in [0.5, 0.6) is 0 Å². The number of rotatable bonds is 2. The van der Waals surface area contributed by atoms with Crippen LogP contribution in [-0.2, 0) is 0 Å². The molecular weight excluding hydrogens is 265 g/mol. The molecule has 0 spiro atoms. The lowest BCUT2D eigenvalue weighted by Crippen LogP contribution is -2.10. The quantitative estimate of drug-likeness (QED) is 0.758. The van der Waals surface area contributed by atoms with Crippen molar-refractivity contribution in [1.82, 2.24) is 0 Å². The molecule has 3 rings (SSSR count). The summed E-state index contributed by atoms with van der Waals surface area (Å²) in [6.07, 6.45) is 0. The first-order valence-electron chi connectivity index (χ1n) is 5.84. The largest absolute Gasteiger partial charge is 0.457 e. The first-order valence-corrected chi connectivity index (χ1v) is 6.22. The first kappa shape index (κ1) is 12.2. The van der Waals surface area contributed by atoms with Crippen LogP contribution < -0.4 is 5.73 Å². The fraction of sp³-hybridized carbons (Fsp3) is 0.0667. The van der Waals surface area contributed by atoms with Crippen LogP contribution in [0.25, 0.3) is 11.0 Å². The predicted molar refractivity (Wildman–Crippen MR) is 73.7 cm³/mol. The number of hydrogen-bond acceptors (Lipinski definition) is 2. The van der Waals surface area contributed by atoms with E-state index in [9.17, 15) is 4.39 Å². The summed E-state index contributed by atoms with van der Waals surface area (Å²) < 4.78 is 18.9. The van der Waals surface area contributed by atoms with Gasteiger partial charge in [0.2, 0.25) is 0 Å². The van der Waals surface area contributed by atoms with Gasteiger partial charge >= 0.3 is 0 Å². The molecule has 3 aromatic rings. The van der Waals surface area contributed by atoms with Crippen molar-refractivity contribution in [3.8, 4) is 0 Å². The summed E-state index contributed by atoms with van der Waals surface area (Å²) in [6, 6.07) is 13.0. The zero-order valence-electron chi connectivity index (χ0n) is 9.94. The molecule has 0 amide bonds. The maximum Gasteiger partial charge on any atom is 0.152 e. The van der Waals surface area contributed by atoms with E-state index in [-0.39, 0.29) is 5.82 Å². The number of hydrogen-bond donors (Lipinski definition) is 1. The molecule has 0 aliphatic rings. The van der Waals surface area contributed by atoms with E-state index in [1.807, 2.05) is 18.2 Å². The number of benzene rings is 2. The molecule has 2 N–H and O–H groups in total. The van der Waals surface area contributed by atoms with Crippen LogP contribution in [0.1, 0.15) is 17.4 Å². The third-order valence-electron chi connectivity index (χ3n) is 3.03. The number of para-hydroxylation sites is 1. The van der Waals surface area contributed by atoms with Crippen LogP contribution in [0.2, 0.25) is 5.02 Å². The van der Waals surface area contributed by atoms with Crippen LogP contribution in [0.4, 0.5) is 4.39 Å². The number of furan rings is 1. The Bertz CT molecular complexity index is 738. The highest BCUT2D eigenvalue weighted by molar-refractivity contribution is 6.34. The molecule has 1 aromatic heterocycles. The fourth-order valence-electron chi connectivity index (χ4n) is 2.07. The number of halogens is 2. The molecule has 19 heavy (non-hydrogen) atoms. The van der Waals surface area contributed by atoms with Gasteiger partial charge in [0.15, 0.2) is 5.58 Å². The molecule has 0 saturated carbocycles. The van der Waals surface area contributed by atoms with Crippen molar-refractivity contribution in [3.63, 3.8) is 0 Å². The van der Waals surface area contributed by atoms with Gasteiger partial charge in [0, 0.05) is 5.39 Å². The number of nitrogens with two attached hydrogens (primary N) is 1. The van der Waals surface area contributed by atoms with Crippen LogP contribution >= 0.6 is 11.6 Å². The predicted octanol–water partition coefficient (Wildman–Crippen LogP) is 4.27. The maximum absolute atomic E-state index is 13.2. The normalized spacial score (nSPS) is 12.8. The smallest absolute Gasteiger partial charge is 0.152 e. The van der Waals surface area contributed by atoms with Crippen molar-refractivity contribution in [2.75, 3.05) is 0 Å². The molecule has 0 saturated heterocycles. The topological polar surface area (TPSA) is 39.2 Å². The summed E-state index contributed by atoms with van der Waals surface area (Å²) in [5.74, 6) is 0.246. The minimum absolute atomic E-state index is 0.318. The van der Waals surface area contributed by atoms with E-state index >= 15 is 0 Å². The molecular formula is C15H11ClFNO. The van der Waals surface area contributed by atoms with Crippen LogP contribution in [0.3, 0.4) is 0 Å². The fourth-order valence-corrected chi connectivity index (χ4v) is 2.29. The zero-order chi connectivity index (χ0) is 13.4. The van der Waals surface area contributed by atoms with Crippen molar-refractivity contribution in [2.24, 2.45) is 5.73 Å². The van der Waals surface area contributed by atoms with E-state index < -0.39 is 6.04 Å². The minimum Gasteiger partial charge on any atom is -0.457 e. The van der Waals surface area contributed by atoms with Crippen LogP contribution in [0, 0.1) is 5.82 Å². The van der Waals surface area contributed by atoms with Gasteiger partial charge in [-0.05, 0) is 29.8 Å². The second-order valence-electron chi connectivity index (χ2n) is 4.34. The highest BCUT2D eigenvalue weighted by atomic mass is 35.5. The Labute approximate surface area is 114 Å². The van der Waals surface area contributed by atoms with E-state index in [4.69, 9.17) is 21.8 Å². The molecule has 0 radical (unpaired) electrons. The molecule has 0 bridgehead atoms. The van der Waals surface area contributed by atoms with Gasteiger partial charge in [0.05, 0.1) is 11.1 Å². The third kappa shape index (κ3) is 2.23. The first-order chi connectivity index (χ1) is 9.15. The van der Waals surface area contributed by atoms with Gasteiger partial charge in [-0.15, -0.1) is 0 Å². The highest BCUT2D eigenvalue weighted by Gasteiger charge is 2.15. The lowest BCUT2D eigenvalue weighted by molar-refractivity contribution is 0.523. The SMILES string of the molecule is NC(c1cccc(F)c1)c1cc2cccc(Cl)c2o1. The average Bonchev–Trinajstić information content (AvgIpc) is 2.83. The average molecular weight is 276 g/mol. The molecule has 96 valence electrons. The lowest BCUT2D eigenvalue weighted by atomic mass is 10.1. The summed E-state index contributed by atoms with van der Waals surface area (Å²) in [7, 11) is 0. The van der Waals surface area contributed by atoms with Gasteiger partial charge in [-0.25, -0.2) is 4.39 Å². The molecule has 1 atom stereocenters. The molecule has 2 aromatic carbocycles. The van der Waals surface area contributed by atoms with E-state index in [1.54, 1.807) is 18.2 Å². The van der Waals surface area contributed by atoms with Gasteiger partial charge in [0.25, 0.3) is 0 Å². The Morgan fingerprint density at radius 2 is 1.89 bits per heavy atom. The van der Waals surface area contributed by atoms with Gasteiger partial charge in [0.1, 0.15) is 11.6 Å². The van der Waals surface area contributed by atoms with E-state index in [0.717, 1.165) is 5.39 Å². The summed E-state index contributed by atoms with van der Waals surface area (Å²) in [5.41, 5.74) is 7.36. The Morgan fingerprint density at radius 1 is 1.11 bits per heavy atom. The van der Waals surface area contributed by atoms with Crippen molar-refractivity contribution >= 4 is 22.6 Å². The van der Waals surface area contributed by atoms with Gasteiger partial charge in [-0.1, -0.05) is 35.9 Å². The maximum atomic E-state index is 13.2. The summed E-state index contributed by atoms with van der Waals surface area (Å²) in [4.78, 5) is 0. The van der Waals surface area contributed by atoms with E-state index in [2.05, 4.69) is 0 Å². The second kappa shape index (κ2) is 4.68. The summed E-state index contributed by atoms with van der Waals surface area (Å²) in [6.45, 7) is 0. The van der Waals surface area contributed by atoms with E-state index in [0.29, 0.717) is 21.9 Å². The zero-order valence-corrected chi connectivity index (χ0v) is 10.7. The molecule has 1 unspecified atom stereocenters. The summed E-state index contributed by atoms with van der Waals surface area (Å²) in [5, 5.41) is 1.42. The standard InChI is InChI=1S/C15H11ClFNO/c16-12-6-2-4-10-8-13(19-15(10)12)14(18)9-3-1-5-11(17)7-9/h1-8,14H,18H2. The van der Waals surface area contributed by atoms with Gasteiger partial charge in [-0.3, -0.25) is 0 Å². The number of fused-ring (bicyclic) bond motifs is 1. The molecule has 1 heterocycles. The van der Waals surface area contributed by atoms with E-state index in [1.165, 1.54) is 12.1 Å². The van der Waals surface area contributed by atoms with Gasteiger partial charge < -0.3 is 10.2 Å². The van der Waals surface area contributed by atoms with Crippen LogP contribution in [-0.4, -0.2) is 0 Å². The molecule has 0 aliphatic carbocycles. The Hall–Kier alpha value is -1.84.